The van der Waals surface area contributed by atoms with Crippen LogP contribution in [-0.2, 0) is 19.1 Å². The minimum absolute atomic E-state index is 0.0562. The average Bonchev–Trinajstić information content (AvgIpc) is 2.83. The fourth-order valence-corrected chi connectivity index (χ4v) is 4.98. The highest BCUT2D eigenvalue weighted by Gasteiger charge is 2.44. The lowest BCUT2D eigenvalue weighted by molar-refractivity contribution is -0.150. The van der Waals surface area contributed by atoms with Crippen LogP contribution in [0.2, 0.25) is 0 Å². The van der Waals surface area contributed by atoms with Crippen LogP contribution in [0.3, 0.4) is 0 Å². The van der Waals surface area contributed by atoms with Crippen molar-refractivity contribution in [3.8, 4) is 11.8 Å². The normalized spacial score (nSPS) is 17.4. The number of carbonyl (C=O) groups is 3. The molecule has 0 saturated carbocycles. The highest BCUT2D eigenvalue weighted by Crippen LogP contribution is 2.40. The van der Waals surface area contributed by atoms with Gasteiger partial charge >= 0.3 is 5.97 Å². The maximum Gasteiger partial charge on any atom is 0.319 e. The molecular formula is C24H22BrN3O5S. The van der Waals surface area contributed by atoms with E-state index in [1.807, 2.05) is 19.1 Å². The van der Waals surface area contributed by atoms with Gasteiger partial charge in [-0.05, 0) is 58.2 Å². The number of ether oxygens (including phenoxy) is 2. The van der Waals surface area contributed by atoms with Gasteiger partial charge in [-0.15, -0.1) is 0 Å². The second kappa shape index (κ2) is 11.2. The third-order valence-electron chi connectivity index (χ3n) is 5.20. The van der Waals surface area contributed by atoms with Crippen molar-refractivity contribution in [3.63, 3.8) is 0 Å². The predicted molar refractivity (Wildman–Crippen MR) is 132 cm³/mol. The van der Waals surface area contributed by atoms with Crippen molar-refractivity contribution in [2.24, 2.45) is 5.92 Å². The number of halogens is 1. The van der Waals surface area contributed by atoms with Crippen LogP contribution < -0.4 is 15.4 Å². The van der Waals surface area contributed by atoms with Crippen LogP contribution in [0.1, 0.15) is 17.0 Å². The number of nitrogens with one attached hydrogen (secondary N) is 2. The Morgan fingerprint density at radius 2 is 1.91 bits per heavy atom. The Morgan fingerprint density at radius 1 is 1.21 bits per heavy atom. The molecular weight excluding hydrogens is 522 g/mol. The minimum atomic E-state index is -1.24. The maximum atomic E-state index is 12.9. The lowest BCUT2D eigenvalue weighted by Crippen LogP contribution is -2.44. The molecule has 34 heavy (non-hydrogen) atoms. The number of thioether (sulfide) groups is 1. The molecule has 0 aliphatic carbocycles. The van der Waals surface area contributed by atoms with Crippen LogP contribution in [0.15, 0.2) is 57.5 Å². The highest BCUT2D eigenvalue weighted by atomic mass is 79.9. The molecule has 0 spiro atoms. The fourth-order valence-electron chi connectivity index (χ4n) is 3.54. The van der Waals surface area contributed by atoms with E-state index < -0.39 is 23.7 Å². The van der Waals surface area contributed by atoms with Crippen molar-refractivity contribution >= 4 is 51.2 Å². The Labute approximate surface area is 209 Å². The summed E-state index contributed by atoms with van der Waals surface area (Å²) in [7, 11) is 2.71. The number of nitrogens with zero attached hydrogens (tertiary/aromatic N) is 1. The third kappa shape index (κ3) is 5.61. The highest BCUT2D eigenvalue weighted by molar-refractivity contribution is 9.10. The van der Waals surface area contributed by atoms with Crippen LogP contribution in [-0.4, -0.2) is 37.8 Å². The van der Waals surface area contributed by atoms with E-state index in [0.717, 1.165) is 21.8 Å². The summed E-state index contributed by atoms with van der Waals surface area (Å²) in [5.74, 6) is -3.24. The predicted octanol–water partition coefficient (Wildman–Crippen LogP) is 3.88. The van der Waals surface area contributed by atoms with Gasteiger partial charge in [-0.3, -0.25) is 14.4 Å². The van der Waals surface area contributed by atoms with E-state index in [2.05, 4.69) is 32.6 Å². The molecule has 1 heterocycles. The van der Waals surface area contributed by atoms with Gasteiger partial charge in [0.2, 0.25) is 11.8 Å². The molecule has 0 unspecified atom stereocenters. The number of hydrogen-bond donors (Lipinski definition) is 2. The number of carbonyl (C=O) groups excluding carboxylic acids is 3. The summed E-state index contributed by atoms with van der Waals surface area (Å²) in [6, 6.07) is 14.4. The van der Waals surface area contributed by atoms with E-state index in [0.29, 0.717) is 17.0 Å². The van der Waals surface area contributed by atoms with E-state index in [1.165, 1.54) is 14.2 Å². The van der Waals surface area contributed by atoms with Crippen LogP contribution in [0.5, 0.6) is 5.75 Å². The number of hydrogen-bond acceptors (Lipinski definition) is 7. The summed E-state index contributed by atoms with van der Waals surface area (Å²) in [5.41, 5.74) is 2.40. The quantitative estimate of drug-likeness (QED) is 0.402. The molecule has 0 radical (unpaired) electrons. The Bertz CT molecular complexity index is 1190. The molecule has 2 N–H and O–H groups in total. The summed E-state index contributed by atoms with van der Waals surface area (Å²) in [4.78, 5) is 37.9. The summed E-state index contributed by atoms with van der Waals surface area (Å²) in [5, 5.41) is 15.6. The van der Waals surface area contributed by atoms with E-state index in [9.17, 15) is 19.6 Å². The zero-order valence-electron chi connectivity index (χ0n) is 18.7. The van der Waals surface area contributed by atoms with E-state index >= 15 is 0 Å². The molecule has 0 fully saturated rings. The van der Waals surface area contributed by atoms with E-state index in [-0.39, 0.29) is 22.3 Å². The first-order valence-electron chi connectivity index (χ1n) is 10.1. The summed E-state index contributed by atoms with van der Waals surface area (Å²) < 4.78 is 10.8. The fraction of sp³-hybridized carbons (Fsp3) is 0.250. The molecule has 0 aromatic heterocycles. The lowest BCUT2D eigenvalue weighted by Gasteiger charge is -2.31. The van der Waals surface area contributed by atoms with Gasteiger partial charge in [-0.25, -0.2) is 0 Å². The van der Waals surface area contributed by atoms with Gasteiger partial charge in [0.15, 0.2) is 0 Å². The van der Waals surface area contributed by atoms with Crippen molar-refractivity contribution in [2.45, 2.75) is 12.8 Å². The van der Waals surface area contributed by atoms with Gasteiger partial charge in [0.1, 0.15) is 11.7 Å². The molecule has 2 amide bonds. The number of amides is 2. The number of allylic oxidation sites excluding steroid dienone is 1. The average molecular weight is 544 g/mol. The van der Waals surface area contributed by atoms with Gasteiger partial charge < -0.3 is 20.1 Å². The Balaban J connectivity index is 1.89. The molecule has 0 bridgehead atoms. The minimum Gasteiger partial charge on any atom is -0.497 e. The zero-order chi connectivity index (χ0) is 24.8. The van der Waals surface area contributed by atoms with Gasteiger partial charge in [0.25, 0.3) is 0 Å². The molecule has 0 saturated heterocycles. The van der Waals surface area contributed by atoms with Gasteiger partial charge in [-0.1, -0.05) is 30.0 Å². The molecule has 2 aromatic carbocycles. The number of nitriles is 1. The zero-order valence-corrected chi connectivity index (χ0v) is 21.1. The molecule has 2 aromatic rings. The van der Waals surface area contributed by atoms with Crippen LogP contribution in [0, 0.1) is 24.2 Å². The monoisotopic (exact) mass is 543 g/mol. The van der Waals surface area contributed by atoms with Crippen LogP contribution in [0.4, 0.5) is 5.69 Å². The second-order valence-electron chi connectivity index (χ2n) is 7.42. The first kappa shape index (κ1) is 25.3. The molecule has 8 nitrogen and oxygen atoms in total. The molecule has 1 aliphatic rings. The van der Waals surface area contributed by atoms with Crippen LogP contribution in [0.25, 0.3) is 0 Å². The first-order valence-corrected chi connectivity index (χ1v) is 11.9. The largest absolute Gasteiger partial charge is 0.497 e. The molecule has 1 aliphatic heterocycles. The first-order chi connectivity index (χ1) is 16.3. The standard InChI is InChI=1S/C24H22BrN3O5S/c1-13-4-9-18(17(25)10-13)27-19(29)12-34-23-16(11-26)20(14-5-7-15(32-2)8-6-14)21(22(30)28-23)24(31)33-3/h4-10,20-21H,12H2,1-3H3,(H,27,29)(H,28,30)/t20-,21-/m0/s1. The maximum absolute atomic E-state index is 12.9. The summed E-state index contributed by atoms with van der Waals surface area (Å²) in [6.45, 7) is 1.94. The van der Waals surface area contributed by atoms with Crippen molar-refractivity contribution in [2.75, 3.05) is 25.3 Å². The van der Waals surface area contributed by atoms with Crippen molar-refractivity contribution < 1.29 is 23.9 Å². The second-order valence-corrected chi connectivity index (χ2v) is 9.26. The van der Waals surface area contributed by atoms with E-state index in [4.69, 9.17) is 9.47 Å². The topological polar surface area (TPSA) is 118 Å². The number of methoxy groups -OCH3 is 2. The molecule has 2 atom stereocenters. The number of aryl methyl sites for hydroxylation is 1. The Hall–Kier alpha value is -3.29. The van der Waals surface area contributed by atoms with Crippen molar-refractivity contribution in [1.82, 2.24) is 5.32 Å². The number of esters is 1. The third-order valence-corrected chi connectivity index (χ3v) is 6.88. The van der Waals surface area contributed by atoms with Crippen molar-refractivity contribution in [3.05, 3.63) is 68.7 Å². The molecule has 10 heteroatoms. The Kier molecular flexibility index (Phi) is 8.36. The SMILES string of the molecule is COC(=O)[C@@H]1C(=O)NC(SCC(=O)Nc2ccc(C)cc2Br)=C(C#N)[C@@H]1c1ccc(OC)cc1. The summed E-state index contributed by atoms with van der Waals surface area (Å²) in [6.07, 6.45) is 0. The van der Waals surface area contributed by atoms with Gasteiger partial charge in [0.05, 0.1) is 42.3 Å². The molecule has 176 valence electrons. The lowest BCUT2D eigenvalue weighted by atomic mass is 9.78. The van der Waals surface area contributed by atoms with Gasteiger partial charge in [-0.2, -0.15) is 5.26 Å². The number of anilines is 1. The van der Waals surface area contributed by atoms with E-state index in [1.54, 1.807) is 30.3 Å². The number of rotatable bonds is 7. The van der Waals surface area contributed by atoms with Crippen molar-refractivity contribution in [1.29, 1.82) is 5.26 Å². The van der Waals surface area contributed by atoms with Crippen LogP contribution >= 0.6 is 27.7 Å². The Morgan fingerprint density at radius 3 is 2.50 bits per heavy atom. The smallest absolute Gasteiger partial charge is 0.319 e. The molecule has 3 rings (SSSR count). The number of benzene rings is 2. The van der Waals surface area contributed by atoms with Gasteiger partial charge in [0, 0.05) is 10.4 Å². The summed E-state index contributed by atoms with van der Waals surface area (Å²) >= 11 is 4.44.